The molecule has 268 valence electrons. The zero-order chi connectivity index (χ0) is 35.8. The Labute approximate surface area is 298 Å². The SMILES string of the molecule is C[N+]1=C(C=CC=CC=C2N(CCCCCC(=O)CCCOCCOCCOCCN=[N+]=[N-])c3ccccc3C2(C)C)C(C)(C)c2ccccc21. The number of ketones is 1. The summed E-state index contributed by atoms with van der Waals surface area (Å²) in [7, 11) is 2.15. The third kappa shape index (κ3) is 10.3. The van der Waals surface area contributed by atoms with Crippen LogP contribution in [0, 0.1) is 0 Å². The van der Waals surface area contributed by atoms with Crippen LogP contribution < -0.4 is 4.90 Å². The van der Waals surface area contributed by atoms with E-state index < -0.39 is 0 Å². The molecule has 50 heavy (non-hydrogen) atoms. The van der Waals surface area contributed by atoms with Crippen molar-refractivity contribution in [3.05, 3.63) is 106 Å². The van der Waals surface area contributed by atoms with Crippen LogP contribution in [0.4, 0.5) is 11.4 Å². The standard InChI is InChI=1S/C41H56N5O4/c1-40(2)34-19-11-13-21-36(34)45(5)38(40)23-9-6-10-24-39-41(3,4)35-20-12-14-22-37(35)46(39)26-15-7-8-17-33(47)18-16-27-48-29-31-50-32-30-49-28-25-43-44-42/h6,9-14,19-24H,7-8,15-18,25-32H2,1-5H3/q+1. The van der Waals surface area contributed by atoms with Gasteiger partial charge < -0.3 is 19.1 Å². The quantitative estimate of drug-likeness (QED) is 0.0309. The van der Waals surface area contributed by atoms with Gasteiger partial charge in [-0.3, -0.25) is 4.79 Å². The fourth-order valence-corrected chi connectivity index (χ4v) is 7.00. The molecule has 0 amide bonds. The number of ether oxygens (including phenoxy) is 3. The summed E-state index contributed by atoms with van der Waals surface area (Å²) in [5.74, 6) is 0.309. The molecule has 0 radical (unpaired) electrons. The summed E-state index contributed by atoms with van der Waals surface area (Å²) in [6.45, 7) is 13.3. The highest BCUT2D eigenvalue weighted by molar-refractivity contribution is 6.03. The van der Waals surface area contributed by atoms with E-state index in [1.165, 1.54) is 33.9 Å². The maximum atomic E-state index is 12.5. The Morgan fingerprint density at radius 2 is 1.46 bits per heavy atom. The molecule has 0 saturated heterocycles. The van der Waals surface area contributed by atoms with Gasteiger partial charge >= 0.3 is 0 Å². The molecule has 0 atom stereocenters. The Morgan fingerprint density at radius 3 is 2.20 bits per heavy atom. The number of carbonyl (C=O) groups excluding carboxylic acids is 1. The van der Waals surface area contributed by atoms with E-state index in [1.54, 1.807) is 0 Å². The lowest BCUT2D eigenvalue weighted by Crippen LogP contribution is -2.27. The fraction of sp³-hybridized carbons (Fsp3) is 0.512. The minimum atomic E-state index is -0.0951. The average molecular weight is 683 g/mol. The molecule has 2 aliphatic heterocycles. The molecule has 0 aliphatic carbocycles. The summed E-state index contributed by atoms with van der Waals surface area (Å²) in [5, 5.41) is 3.40. The smallest absolute Gasteiger partial charge is 0.209 e. The van der Waals surface area contributed by atoms with E-state index in [0.29, 0.717) is 64.8 Å². The molecule has 0 spiro atoms. The van der Waals surface area contributed by atoms with Crippen molar-refractivity contribution in [2.24, 2.45) is 5.11 Å². The van der Waals surface area contributed by atoms with E-state index >= 15 is 0 Å². The van der Waals surface area contributed by atoms with Crippen LogP contribution in [0.15, 0.2) is 89.7 Å². The molecular formula is C41H56N5O4+. The second-order valence-electron chi connectivity index (χ2n) is 13.9. The van der Waals surface area contributed by atoms with E-state index in [2.05, 4.69) is 133 Å². The number of hydrogen-bond donors (Lipinski definition) is 0. The van der Waals surface area contributed by atoms with Crippen LogP contribution in [0.1, 0.15) is 77.3 Å². The molecule has 0 N–H and O–H groups in total. The molecule has 9 heteroatoms. The van der Waals surface area contributed by atoms with Gasteiger partial charge in [-0.2, -0.15) is 4.58 Å². The highest BCUT2D eigenvalue weighted by atomic mass is 16.5. The van der Waals surface area contributed by atoms with Crippen molar-refractivity contribution in [3.8, 4) is 0 Å². The van der Waals surface area contributed by atoms with Gasteiger partial charge in [0.05, 0.1) is 38.4 Å². The van der Waals surface area contributed by atoms with Gasteiger partial charge in [0, 0.05) is 72.0 Å². The number of fused-ring (bicyclic) bond motifs is 2. The van der Waals surface area contributed by atoms with Crippen LogP contribution in [0.3, 0.4) is 0 Å². The van der Waals surface area contributed by atoms with Gasteiger partial charge in [-0.15, -0.1) is 0 Å². The van der Waals surface area contributed by atoms with Gasteiger partial charge in [0.2, 0.25) is 5.69 Å². The van der Waals surface area contributed by atoms with Gasteiger partial charge in [-0.1, -0.05) is 80.0 Å². The number of rotatable bonds is 22. The van der Waals surface area contributed by atoms with E-state index in [9.17, 15) is 4.79 Å². The van der Waals surface area contributed by atoms with Crippen molar-refractivity contribution in [1.82, 2.24) is 0 Å². The first-order valence-electron chi connectivity index (χ1n) is 18.1. The second kappa shape index (κ2) is 19.4. The first-order valence-corrected chi connectivity index (χ1v) is 18.1. The highest BCUT2D eigenvalue weighted by Crippen LogP contribution is 2.47. The summed E-state index contributed by atoms with van der Waals surface area (Å²) in [4.78, 5) is 17.6. The first-order chi connectivity index (χ1) is 24.2. The normalized spacial score (nSPS) is 16.8. The van der Waals surface area contributed by atoms with Crippen LogP contribution in [-0.2, 0) is 29.8 Å². The molecule has 9 nitrogen and oxygen atoms in total. The monoisotopic (exact) mass is 682 g/mol. The summed E-state index contributed by atoms with van der Waals surface area (Å²) in [5.41, 5.74) is 16.0. The average Bonchev–Trinajstić information content (AvgIpc) is 3.44. The lowest BCUT2D eigenvalue weighted by atomic mass is 9.81. The molecule has 0 unspecified atom stereocenters. The predicted octanol–water partition coefficient (Wildman–Crippen LogP) is 8.76. The fourth-order valence-electron chi connectivity index (χ4n) is 7.00. The lowest BCUT2D eigenvalue weighted by Gasteiger charge is -2.27. The number of carbonyl (C=O) groups is 1. The lowest BCUT2D eigenvalue weighted by molar-refractivity contribution is -0.401. The molecule has 2 aromatic rings. The molecule has 2 aliphatic rings. The van der Waals surface area contributed by atoms with Crippen molar-refractivity contribution in [3.63, 3.8) is 0 Å². The topological polar surface area (TPSA) is 99.8 Å². The van der Waals surface area contributed by atoms with Crippen LogP contribution in [0.5, 0.6) is 0 Å². The number of anilines is 1. The van der Waals surface area contributed by atoms with Crippen LogP contribution in [0.2, 0.25) is 0 Å². The van der Waals surface area contributed by atoms with E-state index in [1.807, 2.05) is 0 Å². The number of unbranched alkanes of at least 4 members (excludes halogenated alkanes) is 2. The van der Waals surface area contributed by atoms with Crippen LogP contribution >= 0.6 is 0 Å². The number of azide groups is 1. The largest absolute Gasteiger partial charge is 0.379 e. The zero-order valence-corrected chi connectivity index (χ0v) is 30.8. The van der Waals surface area contributed by atoms with Gasteiger partial charge in [-0.25, -0.2) is 0 Å². The molecule has 2 heterocycles. The summed E-state index contributed by atoms with van der Waals surface area (Å²) >= 11 is 0. The summed E-state index contributed by atoms with van der Waals surface area (Å²) in [6, 6.07) is 17.4. The van der Waals surface area contributed by atoms with E-state index in [4.69, 9.17) is 19.7 Å². The number of benzene rings is 2. The zero-order valence-electron chi connectivity index (χ0n) is 30.8. The number of para-hydroxylation sites is 2. The summed E-state index contributed by atoms with van der Waals surface area (Å²) in [6.07, 6.45) is 15.9. The molecule has 4 rings (SSSR count). The van der Waals surface area contributed by atoms with Crippen LogP contribution in [0.25, 0.3) is 10.4 Å². The predicted molar refractivity (Wildman–Crippen MR) is 203 cm³/mol. The van der Waals surface area contributed by atoms with E-state index in [-0.39, 0.29) is 10.8 Å². The minimum Gasteiger partial charge on any atom is -0.379 e. The van der Waals surface area contributed by atoms with E-state index in [0.717, 1.165) is 32.2 Å². The molecule has 2 aromatic carbocycles. The Kier molecular flexibility index (Phi) is 15.0. The number of Topliss-reactive ketones (excluding diaryl/α,β-unsaturated/α-hetero) is 1. The maximum absolute atomic E-state index is 12.5. The molecule has 0 aromatic heterocycles. The Bertz CT molecular complexity index is 1600. The summed E-state index contributed by atoms with van der Waals surface area (Å²) < 4.78 is 18.6. The third-order valence-corrected chi connectivity index (χ3v) is 9.69. The molecule has 0 saturated carbocycles. The number of nitrogens with zero attached hydrogens (tertiary/aromatic N) is 5. The number of allylic oxidation sites excluding steroid dienone is 6. The van der Waals surface area contributed by atoms with Gasteiger partial charge in [-0.05, 0) is 56.3 Å². The van der Waals surface area contributed by atoms with Crippen molar-refractivity contribution < 1.29 is 23.6 Å². The maximum Gasteiger partial charge on any atom is 0.209 e. The molecule has 0 bridgehead atoms. The third-order valence-electron chi connectivity index (χ3n) is 9.69. The van der Waals surface area contributed by atoms with Gasteiger partial charge in [0.25, 0.3) is 0 Å². The Balaban J connectivity index is 1.18. The first kappa shape index (κ1) is 38.8. The second-order valence-corrected chi connectivity index (χ2v) is 13.9. The molecule has 0 fully saturated rings. The van der Waals surface area contributed by atoms with Gasteiger partial charge in [0.15, 0.2) is 5.71 Å². The molecular weight excluding hydrogens is 626 g/mol. The number of hydrogen-bond acceptors (Lipinski definition) is 6. The van der Waals surface area contributed by atoms with Crippen molar-refractivity contribution in [2.75, 3.05) is 64.7 Å². The van der Waals surface area contributed by atoms with Crippen molar-refractivity contribution >= 4 is 22.9 Å². The van der Waals surface area contributed by atoms with Gasteiger partial charge in [0.1, 0.15) is 12.8 Å². The van der Waals surface area contributed by atoms with Crippen molar-refractivity contribution in [2.45, 2.75) is 77.0 Å². The van der Waals surface area contributed by atoms with Crippen LogP contribution in [-0.4, -0.2) is 75.8 Å². The minimum absolute atomic E-state index is 0.0381. The Hall–Kier alpha value is -4.01. The van der Waals surface area contributed by atoms with Crippen molar-refractivity contribution in [1.29, 1.82) is 0 Å². The Morgan fingerprint density at radius 1 is 0.800 bits per heavy atom. The highest BCUT2D eigenvalue weighted by Gasteiger charge is 2.42.